The summed E-state index contributed by atoms with van der Waals surface area (Å²) in [5.74, 6) is 0. The molecule has 0 aromatic rings. The Bertz CT molecular complexity index is 336. The molecule has 2 rings (SSSR count). The molecule has 2 N–H and O–H groups in total. The lowest BCUT2D eigenvalue weighted by Gasteiger charge is -2.43. The quantitative estimate of drug-likeness (QED) is 0.354. The zero-order valence-corrected chi connectivity index (χ0v) is 25.4. The molecular weight excluding hydrogens is 420 g/mol. The molecule has 2 heterocycles. The predicted octanol–water partition coefficient (Wildman–Crippen LogP) is 8.64. The molecule has 34 heavy (non-hydrogen) atoms. The van der Waals surface area contributed by atoms with Crippen molar-refractivity contribution in [1.29, 1.82) is 0 Å². The third-order valence-electron chi connectivity index (χ3n) is 5.58. The molecule has 0 spiro atoms. The first-order valence-electron chi connectivity index (χ1n) is 13.6. The second-order valence-electron chi connectivity index (χ2n) is 10.3. The molecule has 0 radical (unpaired) electrons. The van der Waals surface area contributed by atoms with Gasteiger partial charge in [-0.05, 0) is 81.1 Å². The van der Waals surface area contributed by atoms with E-state index in [1.54, 1.807) is 0 Å². The largest absolute Gasteiger partial charge is 0.390 e. The van der Waals surface area contributed by atoms with E-state index in [-0.39, 0.29) is 25.9 Å². The second-order valence-corrected chi connectivity index (χ2v) is 10.3. The molecule has 0 aromatic heterocycles. The van der Waals surface area contributed by atoms with Gasteiger partial charge in [-0.15, -0.1) is 0 Å². The zero-order chi connectivity index (χ0) is 26.8. The topological polar surface area (TPSA) is 46.9 Å². The summed E-state index contributed by atoms with van der Waals surface area (Å²) in [7, 11) is 0. The van der Waals surface area contributed by atoms with E-state index in [9.17, 15) is 10.2 Å². The van der Waals surface area contributed by atoms with Crippen LogP contribution in [0, 0.1) is 0 Å². The normalized spacial score (nSPS) is 18.9. The summed E-state index contributed by atoms with van der Waals surface area (Å²) in [6.07, 6.45) is 3.63. The number of nitrogens with zero attached hydrogens (tertiary/aromatic N) is 2. The van der Waals surface area contributed by atoms with Crippen molar-refractivity contribution in [3.8, 4) is 0 Å². The average Bonchev–Trinajstić information content (AvgIpc) is 2.72. The Balaban J connectivity index is -0.0000000851. The van der Waals surface area contributed by atoms with E-state index >= 15 is 0 Å². The molecule has 4 heteroatoms. The summed E-state index contributed by atoms with van der Waals surface area (Å²) < 4.78 is 0. The lowest BCUT2D eigenvalue weighted by atomic mass is 9.91. The molecule has 2 fully saturated rings. The van der Waals surface area contributed by atoms with Gasteiger partial charge in [0.25, 0.3) is 0 Å². The van der Waals surface area contributed by atoms with Gasteiger partial charge < -0.3 is 10.2 Å². The molecule has 0 aromatic carbocycles. The van der Waals surface area contributed by atoms with E-state index < -0.39 is 11.2 Å². The van der Waals surface area contributed by atoms with Gasteiger partial charge in [0.1, 0.15) is 0 Å². The Kier molecular flexibility index (Phi) is 32.2. The van der Waals surface area contributed by atoms with E-state index in [0.29, 0.717) is 0 Å². The standard InChI is InChI=1S/2C10H21NO.4C2H6.2CH4/c2*1-9(2,3)11-7-5-10(4,12)6-8-11;4*1-2;;/h2*12H,5-8H2,1-4H3;4*1-2H3;2*1H4. The first-order chi connectivity index (χ1) is 14.6. The van der Waals surface area contributed by atoms with Crippen LogP contribution >= 0.6 is 0 Å². The maximum atomic E-state index is 9.73. The van der Waals surface area contributed by atoms with Gasteiger partial charge in [0.05, 0.1) is 11.2 Å². The summed E-state index contributed by atoms with van der Waals surface area (Å²) in [4.78, 5) is 4.87. The fourth-order valence-electron chi connectivity index (χ4n) is 3.32. The molecule has 2 aliphatic heterocycles. The Hall–Kier alpha value is -0.160. The predicted molar refractivity (Wildman–Crippen MR) is 161 cm³/mol. The first kappa shape index (κ1) is 47.1. The van der Waals surface area contributed by atoms with Gasteiger partial charge in [-0.1, -0.05) is 70.2 Å². The maximum absolute atomic E-state index is 9.73. The third-order valence-corrected chi connectivity index (χ3v) is 5.58. The minimum atomic E-state index is -0.415. The Morgan fingerprint density at radius 1 is 0.471 bits per heavy atom. The van der Waals surface area contributed by atoms with Gasteiger partial charge in [-0.25, -0.2) is 0 Å². The van der Waals surface area contributed by atoms with Crippen LogP contribution in [0.25, 0.3) is 0 Å². The minimum Gasteiger partial charge on any atom is -0.390 e. The first-order valence-corrected chi connectivity index (χ1v) is 13.6. The van der Waals surface area contributed by atoms with Crippen LogP contribution in [0.4, 0.5) is 0 Å². The van der Waals surface area contributed by atoms with E-state index in [2.05, 4.69) is 51.3 Å². The van der Waals surface area contributed by atoms with Gasteiger partial charge in [-0.2, -0.15) is 0 Å². The highest BCUT2D eigenvalue weighted by molar-refractivity contribution is 4.88. The number of hydrogen-bond donors (Lipinski definition) is 2. The molecule has 0 saturated carbocycles. The Morgan fingerprint density at radius 3 is 0.735 bits per heavy atom. The lowest BCUT2D eigenvalue weighted by molar-refractivity contribution is -0.0290. The molecular formula is C30H74N2O2. The zero-order valence-electron chi connectivity index (χ0n) is 25.4. The molecule has 0 amide bonds. The molecule has 2 saturated heterocycles. The molecule has 2 aliphatic rings. The van der Waals surface area contributed by atoms with Crippen LogP contribution < -0.4 is 0 Å². The number of aliphatic hydroxyl groups is 2. The van der Waals surface area contributed by atoms with E-state index in [1.807, 2.05) is 69.2 Å². The molecule has 216 valence electrons. The highest BCUT2D eigenvalue weighted by atomic mass is 16.3. The van der Waals surface area contributed by atoms with Crippen molar-refractivity contribution in [3.63, 3.8) is 0 Å². The van der Waals surface area contributed by atoms with E-state index in [4.69, 9.17) is 0 Å². The summed E-state index contributed by atoms with van der Waals surface area (Å²) >= 11 is 0. The van der Waals surface area contributed by atoms with Gasteiger partial charge in [-0.3, -0.25) is 9.80 Å². The fourth-order valence-corrected chi connectivity index (χ4v) is 3.32. The summed E-state index contributed by atoms with van der Waals surface area (Å²) in [5.41, 5.74) is -0.309. The van der Waals surface area contributed by atoms with Gasteiger partial charge in [0, 0.05) is 37.3 Å². The number of piperidine rings is 2. The second kappa shape index (κ2) is 23.3. The van der Waals surface area contributed by atoms with Crippen LogP contribution in [-0.2, 0) is 0 Å². The number of likely N-dealkylation sites (tertiary alicyclic amines) is 2. The van der Waals surface area contributed by atoms with Gasteiger partial charge in [0.2, 0.25) is 0 Å². The Labute approximate surface area is 219 Å². The Morgan fingerprint density at radius 2 is 0.618 bits per heavy atom. The summed E-state index contributed by atoms with van der Waals surface area (Å²) in [5, 5.41) is 19.5. The van der Waals surface area contributed by atoms with Crippen molar-refractivity contribution in [2.75, 3.05) is 26.2 Å². The molecule has 0 atom stereocenters. The van der Waals surface area contributed by atoms with Crippen molar-refractivity contribution in [2.45, 2.75) is 174 Å². The molecule has 4 nitrogen and oxygen atoms in total. The summed E-state index contributed by atoms with van der Waals surface area (Å²) in [6, 6.07) is 0. The van der Waals surface area contributed by atoms with Crippen molar-refractivity contribution in [3.05, 3.63) is 0 Å². The van der Waals surface area contributed by atoms with Crippen molar-refractivity contribution in [2.24, 2.45) is 0 Å². The number of rotatable bonds is 0. The van der Waals surface area contributed by atoms with Gasteiger partial charge in [0.15, 0.2) is 0 Å². The van der Waals surface area contributed by atoms with Crippen molar-refractivity contribution in [1.82, 2.24) is 9.80 Å². The lowest BCUT2D eigenvalue weighted by Crippen LogP contribution is -2.50. The average molecular weight is 495 g/mol. The van der Waals surface area contributed by atoms with Crippen LogP contribution in [0.15, 0.2) is 0 Å². The van der Waals surface area contributed by atoms with Crippen LogP contribution in [0.1, 0.15) is 151 Å². The maximum Gasteiger partial charge on any atom is 0.0644 e. The van der Waals surface area contributed by atoms with E-state index in [1.165, 1.54) is 0 Å². The minimum absolute atomic E-state index is 0. The van der Waals surface area contributed by atoms with Crippen molar-refractivity contribution >= 4 is 0 Å². The SMILES string of the molecule is C.C.CC.CC.CC.CC.CC1(O)CCN(C(C)(C)C)CC1.CC1(O)CCN(C(C)(C)C)CC1. The van der Waals surface area contributed by atoms with Crippen LogP contribution in [-0.4, -0.2) is 68.5 Å². The third kappa shape index (κ3) is 23.6. The molecule has 0 bridgehead atoms. The highest BCUT2D eigenvalue weighted by Crippen LogP contribution is 2.27. The highest BCUT2D eigenvalue weighted by Gasteiger charge is 2.32. The van der Waals surface area contributed by atoms with E-state index in [0.717, 1.165) is 51.9 Å². The monoisotopic (exact) mass is 495 g/mol. The van der Waals surface area contributed by atoms with Crippen LogP contribution in [0.5, 0.6) is 0 Å². The smallest absolute Gasteiger partial charge is 0.0644 e. The molecule has 0 unspecified atom stereocenters. The van der Waals surface area contributed by atoms with Crippen LogP contribution in [0.2, 0.25) is 0 Å². The molecule has 0 aliphatic carbocycles. The number of hydrogen-bond acceptors (Lipinski definition) is 4. The van der Waals surface area contributed by atoms with Gasteiger partial charge >= 0.3 is 0 Å². The van der Waals surface area contributed by atoms with Crippen molar-refractivity contribution < 1.29 is 10.2 Å². The van der Waals surface area contributed by atoms with Crippen LogP contribution in [0.3, 0.4) is 0 Å². The summed E-state index contributed by atoms with van der Waals surface area (Å²) in [6.45, 7) is 37.3. The fraction of sp³-hybridized carbons (Fsp3) is 1.00.